The highest BCUT2D eigenvalue weighted by Crippen LogP contribution is 2.33. The van der Waals surface area contributed by atoms with Crippen molar-refractivity contribution in [1.29, 1.82) is 0 Å². The second-order valence-corrected chi connectivity index (χ2v) is 3.54. The summed E-state index contributed by atoms with van der Waals surface area (Å²) in [5, 5.41) is 8.57. The summed E-state index contributed by atoms with van der Waals surface area (Å²) in [5.74, 6) is -0.769. The van der Waals surface area contributed by atoms with Gasteiger partial charge in [-0.1, -0.05) is 0 Å². The van der Waals surface area contributed by atoms with E-state index in [0.29, 0.717) is 12.3 Å². The Bertz CT molecular complexity index is 373. The number of carbonyl (C=O) groups is 2. The van der Waals surface area contributed by atoms with Crippen molar-refractivity contribution in [3.63, 3.8) is 0 Å². The molecular weight excluding hydrogens is 184 g/mol. The minimum Gasteiger partial charge on any atom is -0.475 e. The van der Waals surface area contributed by atoms with Crippen LogP contribution in [0.2, 0.25) is 0 Å². The zero-order chi connectivity index (χ0) is 10.1. The highest BCUT2D eigenvalue weighted by Gasteiger charge is 2.26. The lowest BCUT2D eigenvalue weighted by molar-refractivity contribution is 0.0660. The molecule has 0 atom stereocenters. The average molecular weight is 194 g/mol. The molecule has 1 saturated carbocycles. The predicted octanol–water partition coefficient (Wildman–Crippen LogP) is 1.96. The van der Waals surface area contributed by atoms with E-state index in [1.165, 1.54) is 12.1 Å². The molecular formula is C10H10O4. The van der Waals surface area contributed by atoms with Gasteiger partial charge >= 0.3 is 5.97 Å². The van der Waals surface area contributed by atoms with E-state index in [1.807, 2.05) is 0 Å². The Morgan fingerprint density at radius 1 is 1.36 bits per heavy atom. The summed E-state index contributed by atoms with van der Waals surface area (Å²) in [6.45, 7) is 0. The van der Waals surface area contributed by atoms with Crippen LogP contribution in [0.1, 0.15) is 40.4 Å². The fourth-order valence-corrected chi connectivity index (χ4v) is 1.29. The molecule has 0 radical (unpaired) electrons. The molecule has 1 aliphatic rings. The van der Waals surface area contributed by atoms with Crippen LogP contribution in [0.4, 0.5) is 0 Å². The maximum Gasteiger partial charge on any atom is 0.371 e. The van der Waals surface area contributed by atoms with Gasteiger partial charge in [0.25, 0.3) is 0 Å². The lowest BCUT2D eigenvalue weighted by Crippen LogP contribution is -1.98. The number of ketones is 1. The summed E-state index contributed by atoms with van der Waals surface area (Å²) in [5.41, 5.74) is 0. The van der Waals surface area contributed by atoms with Gasteiger partial charge in [0.1, 0.15) is 0 Å². The molecule has 0 saturated heterocycles. The number of Topliss-reactive ketones (excluding diaryl/α,β-unsaturated/α-hetero) is 1. The smallest absolute Gasteiger partial charge is 0.371 e. The van der Waals surface area contributed by atoms with Crippen molar-refractivity contribution >= 4 is 11.8 Å². The van der Waals surface area contributed by atoms with Gasteiger partial charge in [0.15, 0.2) is 11.5 Å². The van der Waals surface area contributed by atoms with Gasteiger partial charge in [-0.15, -0.1) is 0 Å². The fraction of sp³-hybridized carbons (Fsp3) is 0.400. The Morgan fingerprint density at radius 3 is 2.50 bits per heavy atom. The summed E-state index contributed by atoms with van der Waals surface area (Å²) in [6.07, 6.45) is 2.67. The molecule has 4 nitrogen and oxygen atoms in total. The zero-order valence-electron chi connectivity index (χ0n) is 7.53. The molecule has 2 rings (SSSR count). The molecule has 0 aromatic carbocycles. The first-order valence-electron chi connectivity index (χ1n) is 4.53. The quantitative estimate of drug-likeness (QED) is 0.744. The van der Waals surface area contributed by atoms with E-state index >= 15 is 0 Å². The van der Waals surface area contributed by atoms with Gasteiger partial charge in [-0.3, -0.25) is 4.79 Å². The first-order chi connectivity index (χ1) is 6.66. The number of rotatable bonds is 4. The van der Waals surface area contributed by atoms with Gasteiger partial charge in [0, 0.05) is 6.42 Å². The van der Waals surface area contributed by atoms with Crippen molar-refractivity contribution < 1.29 is 19.1 Å². The topological polar surface area (TPSA) is 67.5 Å². The summed E-state index contributed by atoms with van der Waals surface area (Å²) in [7, 11) is 0. The average Bonchev–Trinajstić information content (AvgIpc) is 2.81. The number of carbonyl (C=O) groups excluding carboxylic acids is 1. The molecule has 1 aromatic heterocycles. The summed E-state index contributed by atoms with van der Waals surface area (Å²) in [4.78, 5) is 21.9. The summed E-state index contributed by atoms with van der Waals surface area (Å²) < 4.78 is 4.89. The van der Waals surface area contributed by atoms with Gasteiger partial charge in [-0.25, -0.2) is 4.79 Å². The normalized spacial score (nSPS) is 15.4. The molecule has 0 unspecified atom stereocenters. The van der Waals surface area contributed by atoms with E-state index in [0.717, 1.165) is 12.8 Å². The number of carboxylic acid groups (broad SMARTS) is 1. The molecule has 4 heteroatoms. The Kier molecular flexibility index (Phi) is 2.11. The van der Waals surface area contributed by atoms with Gasteiger partial charge in [-0.2, -0.15) is 0 Å². The van der Waals surface area contributed by atoms with E-state index in [2.05, 4.69) is 0 Å². The third kappa shape index (κ3) is 1.84. The third-order valence-electron chi connectivity index (χ3n) is 2.26. The molecule has 0 spiro atoms. The molecule has 14 heavy (non-hydrogen) atoms. The van der Waals surface area contributed by atoms with Gasteiger partial charge in [0.05, 0.1) is 0 Å². The van der Waals surface area contributed by atoms with E-state index in [9.17, 15) is 9.59 Å². The SMILES string of the molecule is O=C(O)c1ccc(C(=O)CC2CC2)o1. The summed E-state index contributed by atoms with van der Waals surface area (Å²) >= 11 is 0. The molecule has 0 aliphatic heterocycles. The Hall–Kier alpha value is -1.58. The monoisotopic (exact) mass is 194 g/mol. The predicted molar refractivity (Wildman–Crippen MR) is 47.3 cm³/mol. The lowest BCUT2D eigenvalue weighted by Gasteiger charge is -1.93. The third-order valence-corrected chi connectivity index (χ3v) is 2.26. The molecule has 1 aliphatic carbocycles. The second-order valence-electron chi connectivity index (χ2n) is 3.54. The van der Waals surface area contributed by atoms with Crippen LogP contribution in [-0.2, 0) is 0 Å². The van der Waals surface area contributed by atoms with Gasteiger partial charge in [0.2, 0.25) is 5.76 Å². The first kappa shape index (κ1) is 8.99. The van der Waals surface area contributed by atoms with Crippen molar-refractivity contribution in [3.05, 3.63) is 23.7 Å². The molecule has 1 aromatic rings. The molecule has 0 amide bonds. The standard InChI is InChI=1S/C10H10O4/c11-7(5-6-1-2-6)8-3-4-9(14-8)10(12)13/h3-4,6H,1-2,5H2,(H,12,13). The van der Waals surface area contributed by atoms with Crippen molar-refractivity contribution in [2.45, 2.75) is 19.3 Å². The van der Waals surface area contributed by atoms with Crippen molar-refractivity contribution in [1.82, 2.24) is 0 Å². The lowest BCUT2D eigenvalue weighted by atomic mass is 10.2. The Labute approximate surface area is 80.5 Å². The number of carboxylic acids is 1. The molecule has 0 bridgehead atoms. The largest absolute Gasteiger partial charge is 0.475 e. The van der Waals surface area contributed by atoms with Gasteiger partial charge in [-0.05, 0) is 30.9 Å². The zero-order valence-corrected chi connectivity index (χ0v) is 7.53. The van der Waals surface area contributed by atoms with Gasteiger partial charge < -0.3 is 9.52 Å². The molecule has 1 N–H and O–H groups in total. The van der Waals surface area contributed by atoms with Crippen LogP contribution >= 0.6 is 0 Å². The maximum absolute atomic E-state index is 11.4. The molecule has 1 heterocycles. The van der Waals surface area contributed by atoms with Crippen molar-refractivity contribution in [3.8, 4) is 0 Å². The van der Waals surface area contributed by atoms with Crippen LogP contribution in [0.15, 0.2) is 16.5 Å². The van der Waals surface area contributed by atoms with E-state index in [-0.39, 0.29) is 17.3 Å². The Balaban J connectivity index is 2.07. The Morgan fingerprint density at radius 2 is 2.00 bits per heavy atom. The summed E-state index contributed by atoms with van der Waals surface area (Å²) in [6, 6.07) is 2.73. The number of hydrogen-bond acceptors (Lipinski definition) is 3. The van der Waals surface area contributed by atoms with Crippen LogP contribution in [0.25, 0.3) is 0 Å². The van der Waals surface area contributed by atoms with Crippen molar-refractivity contribution in [2.24, 2.45) is 5.92 Å². The van der Waals surface area contributed by atoms with Crippen LogP contribution in [0.3, 0.4) is 0 Å². The first-order valence-corrected chi connectivity index (χ1v) is 4.53. The number of aromatic carboxylic acids is 1. The fourth-order valence-electron chi connectivity index (χ4n) is 1.29. The van der Waals surface area contributed by atoms with E-state index in [4.69, 9.17) is 9.52 Å². The highest BCUT2D eigenvalue weighted by atomic mass is 16.4. The minimum atomic E-state index is -1.14. The van der Waals surface area contributed by atoms with Crippen LogP contribution in [0, 0.1) is 5.92 Å². The molecule has 74 valence electrons. The highest BCUT2D eigenvalue weighted by molar-refractivity contribution is 5.95. The maximum atomic E-state index is 11.4. The number of hydrogen-bond donors (Lipinski definition) is 1. The van der Waals surface area contributed by atoms with Crippen LogP contribution < -0.4 is 0 Å². The van der Waals surface area contributed by atoms with Crippen molar-refractivity contribution in [2.75, 3.05) is 0 Å². The number of furan rings is 1. The minimum absolute atomic E-state index is 0.0972. The van der Waals surface area contributed by atoms with E-state index in [1.54, 1.807) is 0 Å². The van der Waals surface area contributed by atoms with E-state index < -0.39 is 5.97 Å². The second kappa shape index (κ2) is 3.29. The van der Waals surface area contributed by atoms with Crippen LogP contribution in [-0.4, -0.2) is 16.9 Å². The van der Waals surface area contributed by atoms with Crippen LogP contribution in [0.5, 0.6) is 0 Å². The molecule has 1 fully saturated rings.